The Labute approximate surface area is 114 Å². The molecule has 5 nitrogen and oxygen atoms in total. The quantitative estimate of drug-likeness (QED) is 0.859. The monoisotopic (exact) mass is 262 g/mol. The molecule has 5 heteroatoms. The highest BCUT2D eigenvalue weighted by molar-refractivity contribution is 5.93. The van der Waals surface area contributed by atoms with E-state index in [9.17, 15) is 4.79 Å². The molecule has 1 aromatic heterocycles. The third-order valence-electron chi connectivity index (χ3n) is 3.33. The minimum atomic E-state index is -0.119. The van der Waals surface area contributed by atoms with Crippen molar-refractivity contribution in [3.05, 3.63) is 24.0 Å². The van der Waals surface area contributed by atoms with Gasteiger partial charge in [0.15, 0.2) is 0 Å². The van der Waals surface area contributed by atoms with E-state index in [1.807, 2.05) is 19.1 Å². The number of likely N-dealkylation sites (tertiary alicyclic amines) is 1. The van der Waals surface area contributed by atoms with E-state index in [1.165, 1.54) is 19.4 Å². The van der Waals surface area contributed by atoms with E-state index >= 15 is 0 Å². The second-order valence-corrected chi connectivity index (χ2v) is 5.03. The number of carbonyl (C=O) groups excluding carboxylic acids is 1. The first-order valence-corrected chi connectivity index (χ1v) is 6.88. The molecule has 19 heavy (non-hydrogen) atoms. The summed E-state index contributed by atoms with van der Waals surface area (Å²) in [5.74, 6) is -0.119. The number of carbonyl (C=O) groups is 1. The maximum Gasteiger partial charge on any atom is 0.269 e. The van der Waals surface area contributed by atoms with Gasteiger partial charge in [-0.1, -0.05) is 0 Å². The van der Waals surface area contributed by atoms with Crippen molar-refractivity contribution in [2.75, 3.05) is 32.0 Å². The minimum Gasteiger partial charge on any atom is -0.381 e. The van der Waals surface area contributed by atoms with E-state index < -0.39 is 0 Å². The molecule has 1 aliphatic heterocycles. The standard InChI is InChI=1S/C14H22N4O/c1-3-15-14(19)13-9-11(6-7-16-13)17-12-5-4-8-18(2)10-12/h6-7,9,12H,3-5,8,10H2,1-2H3,(H,15,19)(H,16,17). The van der Waals surface area contributed by atoms with Crippen molar-refractivity contribution in [2.24, 2.45) is 0 Å². The van der Waals surface area contributed by atoms with E-state index in [2.05, 4.69) is 27.6 Å². The molecule has 0 aromatic carbocycles. The maximum absolute atomic E-state index is 11.7. The molecule has 1 fully saturated rings. The van der Waals surface area contributed by atoms with Crippen LogP contribution in [-0.2, 0) is 0 Å². The Morgan fingerprint density at radius 3 is 3.16 bits per heavy atom. The van der Waals surface area contributed by atoms with Gasteiger partial charge in [0.1, 0.15) is 5.69 Å². The smallest absolute Gasteiger partial charge is 0.269 e. The Bertz CT molecular complexity index is 435. The van der Waals surface area contributed by atoms with Gasteiger partial charge in [-0.2, -0.15) is 0 Å². The highest BCUT2D eigenvalue weighted by Crippen LogP contribution is 2.15. The van der Waals surface area contributed by atoms with Crippen molar-refractivity contribution < 1.29 is 4.79 Å². The van der Waals surface area contributed by atoms with Crippen LogP contribution in [0.15, 0.2) is 18.3 Å². The van der Waals surface area contributed by atoms with E-state index in [0.717, 1.165) is 12.2 Å². The van der Waals surface area contributed by atoms with Crippen LogP contribution in [0.25, 0.3) is 0 Å². The summed E-state index contributed by atoms with van der Waals surface area (Å²) in [5.41, 5.74) is 1.44. The average Bonchev–Trinajstić information content (AvgIpc) is 2.39. The zero-order chi connectivity index (χ0) is 13.7. The molecule has 0 saturated carbocycles. The van der Waals surface area contributed by atoms with Gasteiger partial charge in [0, 0.05) is 31.0 Å². The topological polar surface area (TPSA) is 57.3 Å². The van der Waals surface area contributed by atoms with Crippen LogP contribution >= 0.6 is 0 Å². The number of hydrogen-bond acceptors (Lipinski definition) is 4. The largest absolute Gasteiger partial charge is 0.381 e. The van der Waals surface area contributed by atoms with Gasteiger partial charge < -0.3 is 15.5 Å². The van der Waals surface area contributed by atoms with Gasteiger partial charge in [0.25, 0.3) is 5.91 Å². The number of rotatable bonds is 4. The number of aromatic nitrogens is 1. The Hall–Kier alpha value is -1.62. The molecule has 1 amide bonds. The van der Waals surface area contributed by atoms with Crippen molar-refractivity contribution in [3.63, 3.8) is 0 Å². The number of anilines is 1. The summed E-state index contributed by atoms with van der Waals surface area (Å²) in [4.78, 5) is 18.2. The second kappa shape index (κ2) is 6.52. The van der Waals surface area contributed by atoms with Crippen molar-refractivity contribution in [1.82, 2.24) is 15.2 Å². The fourth-order valence-electron chi connectivity index (χ4n) is 2.42. The molecule has 0 radical (unpaired) electrons. The van der Waals surface area contributed by atoms with E-state index in [-0.39, 0.29) is 5.91 Å². The van der Waals surface area contributed by atoms with E-state index in [0.29, 0.717) is 18.3 Å². The molecule has 0 spiro atoms. The van der Waals surface area contributed by atoms with Gasteiger partial charge in [-0.05, 0) is 45.5 Å². The van der Waals surface area contributed by atoms with Crippen LogP contribution in [0.4, 0.5) is 5.69 Å². The van der Waals surface area contributed by atoms with Crippen molar-refractivity contribution >= 4 is 11.6 Å². The lowest BCUT2D eigenvalue weighted by atomic mass is 10.1. The van der Waals surface area contributed by atoms with Gasteiger partial charge in [-0.25, -0.2) is 0 Å². The summed E-state index contributed by atoms with van der Waals surface area (Å²) in [6.07, 6.45) is 4.06. The zero-order valence-electron chi connectivity index (χ0n) is 11.6. The number of nitrogens with zero attached hydrogens (tertiary/aromatic N) is 2. The number of nitrogens with one attached hydrogen (secondary N) is 2. The molecular formula is C14H22N4O. The molecule has 104 valence electrons. The van der Waals surface area contributed by atoms with E-state index in [4.69, 9.17) is 0 Å². The summed E-state index contributed by atoms with van der Waals surface area (Å²) >= 11 is 0. The predicted molar refractivity (Wildman–Crippen MR) is 76.4 cm³/mol. The summed E-state index contributed by atoms with van der Waals surface area (Å²) in [7, 11) is 2.14. The lowest BCUT2D eigenvalue weighted by Gasteiger charge is -2.30. The molecule has 1 saturated heterocycles. The lowest BCUT2D eigenvalue weighted by Crippen LogP contribution is -2.39. The Balaban J connectivity index is 2.00. The first kappa shape index (κ1) is 13.8. The van der Waals surface area contributed by atoms with Crippen molar-refractivity contribution in [2.45, 2.75) is 25.8 Å². The molecule has 2 heterocycles. The SMILES string of the molecule is CCNC(=O)c1cc(NC2CCCN(C)C2)ccn1. The third-order valence-corrected chi connectivity index (χ3v) is 3.33. The van der Waals surface area contributed by atoms with Crippen molar-refractivity contribution in [3.8, 4) is 0 Å². The van der Waals surface area contributed by atoms with Gasteiger partial charge in [0.2, 0.25) is 0 Å². The third kappa shape index (κ3) is 3.92. The molecular weight excluding hydrogens is 240 g/mol. The second-order valence-electron chi connectivity index (χ2n) is 5.03. The average molecular weight is 262 g/mol. The normalized spacial score (nSPS) is 20.0. The summed E-state index contributed by atoms with van der Waals surface area (Å²) < 4.78 is 0. The summed E-state index contributed by atoms with van der Waals surface area (Å²) in [5, 5.41) is 6.25. The van der Waals surface area contributed by atoms with Gasteiger partial charge in [0.05, 0.1) is 0 Å². The lowest BCUT2D eigenvalue weighted by molar-refractivity contribution is 0.0951. The number of pyridine rings is 1. The van der Waals surface area contributed by atoms with Crippen LogP contribution in [0.2, 0.25) is 0 Å². The Morgan fingerprint density at radius 2 is 2.42 bits per heavy atom. The number of likely N-dealkylation sites (N-methyl/N-ethyl adjacent to an activating group) is 1. The van der Waals surface area contributed by atoms with Crippen molar-refractivity contribution in [1.29, 1.82) is 0 Å². The number of amides is 1. The molecule has 1 aromatic rings. The molecule has 1 atom stereocenters. The van der Waals surface area contributed by atoms with Gasteiger partial charge >= 0.3 is 0 Å². The molecule has 0 bridgehead atoms. The first-order valence-electron chi connectivity index (χ1n) is 6.88. The van der Waals surface area contributed by atoms with E-state index in [1.54, 1.807) is 6.20 Å². The fraction of sp³-hybridized carbons (Fsp3) is 0.571. The molecule has 0 aliphatic carbocycles. The maximum atomic E-state index is 11.7. The summed E-state index contributed by atoms with van der Waals surface area (Å²) in [6, 6.07) is 4.18. The van der Waals surface area contributed by atoms with Crippen LogP contribution < -0.4 is 10.6 Å². The van der Waals surface area contributed by atoms with Crippen LogP contribution in [0, 0.1) is 0 Å². The predicted octanol–water partition coefficient (Wildman–Crippen LogP) is 1.34. The molecule has 2 rings (SSSR count). The van der Waals surface area contributed by atoms with Gasteiger partial charge in [-0.3, -0.25) is 9.78 Å². The molecule has 2 N–H and O–H groups in total. The van der Waals surface area contributed by atoms with Gasteiger partial charge in [-0.15, -0.1) is 0 Å². The first-order chi connectivity index (χ1) is 9.19. The Morgan fingerprint density at radius 1 is 1.58 bits per heavy atom. The number of piperidine rings is 1. The highest BCUT2D eigenvalue weighted by Gasteiger charge is 2.17. The Kier molecular flexibility index (Phi) is 4.74. The highest BCUT2D eigenvalue weighted by atomic mass is 16.1. The van der Waals surface area contributed by atoms with Crippen LogP contribution in [0.3, 0.4) is 0 Å². The van der Waals surface area contributed by atoms with Crippen LogP contribution in [0.1, 0.15) is 30.3 Å². The zero-order valence-corrected chi connectivity index (χ0v) is 11.6. The summed E-state index contributed by atoms with van der Waals surface area (Å²) in [6.45, 7) is 4.72. The number of hydrogen-bond donors (Lipinski definition) is 2. The van der Waals surface area contributed by atoms with Crippen LogP contribution in [0.5, 0.6) is 0 Å². The molecule has 1 aliphatic rings. The minimum absolute atomic E-state index is 0.119. The fourth-order valence-corrected chi connectivity index (χ4v) is 2.42. The molecule has 1 unspecified atom stereocenters. The van der Waals surface area contributed by atoms with Crippen LogP contribution in [-0.4, -0.2) is 48.5 Å².